The highest BCUT2D eigenvalue weighted by molar-refractivity contribution is 6.45. The van der Waals surface area contributed by atoms with Crippen LogP contribution in [0.5, 0.6) is 0 Å². The molecule has 1 saturated heterocycles. The Hall–Kier alpha value is -4.03. The summed E-state index contributed by atoms with van der Waals surface area (Å²) in [6, 6.07) is 14.0. The van der Waals surface area contributed by atoms with E-state index in [2.05, 4.69) is 11.9 Å². The number of rotatable bonds is 5. The van der Waals surface area contributed by atoms with Crippen molar-refractivity contribution in [1.82, 2.24) is 9.80 Å². The molecule has 2 aliphatic rings. The third kappa shape index (κ3) is 4.08. The summed E-state index contributed by atoms with van der Waals surface area (Å²) in [5.41, 5.74) is 1.66. The molecule has 0 N–H and O–H groups in total. The Kier molecular flexibility index (Phi) is 5.94. The Morgan fingerprint density at radius 1 is 1.03 bits per heavy atom. The SMILES string of the molecule is CN1CCC(N(C)C2=C(c3ccc([N+](=O)[O-])cc3)C(=O)N(c3ccc(C#N)cc3)C2=O)CC1. The first-order chi connectivity index (χ1) is 15.8. The van der Waals surface area contributed by atoms with Gasteiger partial charge in [-0.05, 0) is 74.9 Å². The normalized spacial score (nSPS) is 17.4. The maximum Gasteiger partial charge on any atom is 0.282 e. The smallest absolute Gasteiger partial charge is 0.282 e. The van der Waals surface area contributed by atoms with Gasteiger partial charge < -0.3 is 9.80 Å². The number of carbonyl (C=O) groups excluding carboxylic acids is 2. The summed E-state index contributed by atoms with van der Waals surface area (Å²) in [6.07, 6.45) is 1.70. The van der Waals surface area contributed by atoms with Crippen molar-refractivity contribution in [2.75, 3.05) is 32.1 Å². The number of non-ortho nitro benzene ring substituents is 1. The van der Waals surface area contributed by atoms with Gasteiger partial charge >= 0.3 is 0 Å². The molecule has 0 saturated carbocycles. The molecule has 2 aromatic rings. The monoisotopic (exact) mass is 445 g/mol. The fourth-order valence-electron chi connectivity index (χ4n) is 4.34. The van der Waals surface area contributed by atoms with Gasteiger partial charge in [0.1, 0.15) is 5.70 Å². The largest absolute Gasteiger partial charge is 0.366 e. The highest BCUT2D eigenvalue weighted by atomic mass is 16.6. The van der Waals surface area contributed by atoms with Gasteiger partial charge in [0.05, 0.1) is 27.8 Å². The van der Waals surface area contributed by atoms with Gasteiger partial charge in [-0.25, -0.2) is 4.90 Å². The number of hydrogen-bond acceptors (Lipinski definition) is 7. The summed E-state index contributed by atoms with van der Waals surface area (Å²) in [5.74, 6) is -0.937. The van der Waals surface area contributed by atoms with Crippen molar-refractivity contribution in [2.24, 2.45) is 0 Å². The van der Waals surface area contributed by atoms with Gasteiger partial charge in [0.15, 0.2) is 0 Å². The quantitative estimate of drug-likeness (QED) is 0.395. The lowest BCUT2D eigenvalue weighted by molar-refractivity contribution is -0.384. The minimum atomic E-state index is -0.506. The van der Waals surface area contributed by atoms with E-state index in [4.69, 9.17) is 5.26 Å². The van der Waals surface area contributed by atoms with Crippen molar-refractivity contribution in [3.63, 3.8) is 0 Å². The lowest BCUT2D eigenvalue weighted by Gasteiger charge is -2.36. The van der Waals surface area contributed by atoms with E-state index >= 15 is 0 Å². The third-order valence-corrected chi connectivity index (χ3v) is 6.27. The van der Waals surface area contributed by atoms with Crippen LogP contribution >= 0.6 is 0 Å². The van der Waals surface area contributed by atoms with Crippen LogP contribution < -0.4 is 4.90 Å². The number of nitriles is 1. The van der Waals surface area contributed by atoms with Crippen LogP contribution in [0.2, 0.25) is 0 Å². The topological polar surface area (TPSA) is 111 Å². The molecule has 0 aromatic heterocycles. The van der Waals surface area contributed by atoms with Crippen LogP contribution in [0.25, 0.3) is 5.57 Å². The van der Waals surface area contributed by atoms with Crippen molar-refractivity contribution in [2.45, 2.75) is 18.9 Å². The zero-order valence-corrected chi connectivity index (χ0v) is 18.4. The predicted octanol–water partition coefficient (Wildman–Crippen LogP) is 2.78. The van der Waals surface area contributed by atoms with Gasteiger partial charge in [-0.2, -0.15) is 5.26 Å². The molecule has 0 radical (unpaired) electrons. The first-order valence-electron chi connectivity index (χ1n) is 10.6. The van der Waals surface area contributed by atoms with Crippen LogP contribution in [0.1, 0.15) is 24.0 Å². The van der Waals surface area contributed by atoms with Crippen LogP contribution in [-0.2, 0) is 9.59 Å². The van der Waals surface area contributed by atoms with Crippen molar-refractivity contribution < 1.29 is 14.5 Å². The summed E-state index contributed by atoms with van der Waals surface area (Å²) in [4.78, 5) is 42.9. The molecule has 168 valence electrons. The molecular formula is C24H23N5O4. The zero-order valence-electron chi connectivity index (χ0n) is 18.4. The number of hydrogen-bond donors (Lipinski definition) is 0. The number of imide groups is 1. The second-order valence-electron chi connectivity index (χ2n) is 8.28. The fraction of sp³-hybridized carbons (Fsp3) is 0.292. The molecular weight excluding hydrogens is 422 g/mol. The molecule has 2 aromatic carbocycles. The van der Waals surface area contributed by atoms with Crippen LogP contribution in [0.3, 0.4) is 0 Å². The molecule has 9 nitrogen and oxygen atoms in total. The average molecular weight is 445 g/mol. The summed E-state index contributed by atoms with van der Waals surface area (Å²) < 4.78 is 0. The van der Waals surface area contributed by atoms with Crippen molar-refractivity contribution in [1.29, 1.82) is 5.26 Å². The molecule has 0 spiro atoms. The molecule has 4 rings (SSSR count). The fourth-order valence-corrected chi connectivity index (χ4v) is 4.34. The van der Waals surface area contributed by atoms with Gasteiger partial charge in [-0.1, -0.05) is 0 Å². The summed E-state index contributed by atoms with van der Waals surface area (Å²) in [6.45, 7) is 1.77. The number of amides is 2. The number of likely N-dealkylation sites (N-methyl/N-ethyl adjacent to an activating group) is 1. The second kappa shape index (κ2) is 8.84. The zero-order chi connectivity index (χ0) is 23.7. The average Bonchev–Trinajstić information content (AvgIpc) is 3.09. The maximum atomic E-state index is 13.6. The van der Waals surface area contributed by atoms with Crippen LogP contribution in [-0.4, -0.2) is 59.8 Å². The molecule has 2 heterocycles. The summed E-state index contributed by atoms with van der Waals surface area (Å²) in [5, 5.41) is 20.1. The maximum absolute atomic E-state index is 13.6. The number of nitro benzene ring substituents is 1. The molecule has 9 heteroatoms. The lowest BCUT2D eigenvalue weighted by Crippen LogP contribution is -2.43. The molecule has 0 bridgehead atoms. The van der Waals surface area contributed by atoms with Crippen molar-refractivity contribution in [3.8, 4) is 6.07 Å². The van der Waals surface area contributed by atoms with Crippen LogP contribution in [0.15, 0.2) is 54.2 Å². The Bertz CT molecular complexity index is 1170. The molecule has 0 unspecified atom stereocenters. The Balaban J connectivity index is 1.78. The predicted molar refractivity (Wildman–Crippen MR) is 122 cm³/mol. The van der Waals surface area contributed by atoms with E-state index in [9.17, 15) is 19.7 Å². The van der Waals surface area contributed by atoms with Gasteiger partial charge in [0.25, 0.3) is 17.5 Å². The Morgan fingerprint density at radius 2 is 1.64 bits per heavy atom. The summed E-state index contributed by atoms with van der Waals surface area (Å²) >= 11 is 0. The first kappa shape index (κ1) is 22.2. The number of benzene rings is 2. The van der Waals surface area contributed by atoms with E-state index in [0.717, 1.165) is 30.8 Å². The van der Waals surface area contributed by atoms with E-state index in [1.165, 1.54) is 24.3 Å². The Labute approximate surface area is 191 Å². The van der Waals surface area contributed by atoms with Gasteiger partial charge in [0.2, 0.25) is 0 Å². The highest BCUT2D eigenvalue weighted by Crippen LogP contribution is 2.36. The number of likely N-dealkylation sites (tertiary alicyclic amines) is 1. The minimum absolute atomic E-state index is 0.0851. The first-order valence-corrected chi connectivity index (χ1v) is 10.6. The van der Waals surface area contributed by atoms with E-state index in [1.54, 1.807) is 24.3 Å². The number of carbonyl (C=O) groups is 2. The third-order valence-electron chi connectivity index (χ3n) is 6.27. The number of nitrogens with zero attached hydrogens (tertiary/aromatic N) is 5. The van der Waals surface area contributed by atoms with Crippen molar-refractivity contribution >= 4 is 28.8 Å². The van der Waals surface area contributed by atoms with E-state index in [-0.39, 0.29) is 23.0 Å². The molecule has 0 aliphatic carbocycles. The van der Waals surface area contributed by atoms with Gasteiger partial charge in [0, 0.05) is 25.2 Å². The standard InChI is InChI=1S/C24H23N5O4/c1-26-13-11-18(12-14-26)27(2)22-21(17-5-9-20(10-6-17)29(32)33)23(30)28(24(22)31)19-7-3-16(15-25)4-8-19/h3-10,18H,11-14H2,1-2H3. The van der Waals surface area contributed by atoms with E-state index < -0.39 is 16.7 Å². The van der Waals surface area contributed by atoms with E-state index in [1.807, 2.05) is 18.0 Å². The minimum Gasteiger partial charge on any atom is -0.366 e. The molecule has 33 heavy (non-hydrogen) atoms. The van der Waals surface area contributed by atoms with Gasteiger partial charge in [-0.3, -0.25) is 19.7 Å². The number of anilines is 1. The Morgan fingerprint density at radius 3 is 2.18 bits per heavy atom. The molecule has 0 atom stereocenters. The molecule has 1 fully saturated rings. The highest BCUT2D eigenvalue weighted by Gasteiger charge is 2.43. The van der Waals surface area contributed by atoms with E-state index in [0.29, 0.717) is 16.8 Å². The molecule has 2 aliphatic heterocycles. The summed E-state index contributed by atoms with van der Waals surface area (Å²) in [7, 11) is 3.87. The second-order valence-corrected chi connectivity index (χ2v) is 8.28. The number of piperidine rings is 1. The van der Waals surface area contributed by atoms with Crippen LogP contribution in [0.4, 0.5) is 11.4 Å². The van der Waals surface area contributed by atoms with Gasteiger partial charge in [-0.15, -0.1) is 0 Å². The lowest BCUT2D eigenvalue weighted by atomic mass is 10.00. The molecule has 2 amide bonds. The number of nitro groups is 1. The van der Waals surface area contributed by atoms with Crippen molar-refractivity contribution in [3.05, 3.63) is 75.5 Å². The van der Waals surface area contributed by atoms with Crippen LogP contribution in [0, 0.1) is 21.4 Å².